The zero-order valence-electron chi connectivity index (χ0n) is 27.9. The molecule has 2 heterocycles. The first-order chi connectivity index (χ1) is 24.1. The summed E-state index contributed by atoms with van der Waals surface area (Å²) in [6.45, 7) is 2.63. The molecule has 2 aliphatic heterocycles. The Hall–Kier alpha value is -4.53. The topological polar surface area (TPSA) is 88.2 Å². The number of methoxy groups -OCH3 is 1. The lowest BCUT2D eigenvalue weighted by Gasteiger charge is -2.53. The number of carbonyl (C=O) groups is 3. The molecule has 0 aliphatic carbocycles. The molecule has 0 radical (unpaired) electrons. The second-order valence-electron chi connectivity index (χ2n) is 12.3. The maximum Gasteiger partial charge on any atom is 0.305 e. The number of hydrogen-bond donors (Lipinski definition) is 1. The summed E-state index contributed by atoms with van der Waals surface area (Å²) in [7, 11) is 1.30. The molecule has 3 atom stereocenters. The van der Waals surface area contributed by atoms with Crippen molar-refractivity contribution in [1.82, 2.24) is 15.1 Å². The van der Waals surface area contributed by atoms with E-state index in [1.807, 2.05) is 49.4 Å². The molecular formula is C38H39ClF3N3O5. The zero-order valence-corrected chi connectivity index (χ0v) is 28.7. The fraction of sp³-hybridized carbons (Fsp3) is 0.395. The minimum atomic E-state index is -1.36. The van der Waals surface area contributed by atoms with Gasteiger partial charge >= 0.3 is 5.97 Å². The highest BCUT2D eigenvalue weighted by atomic mass is 35.5. The largest absolute Gasteiger partial charge is 0.488 e. The maximum absolute atomic E-state index is 14.7. The SMILES string of the molecule is CCN(Cc1ccccc1Cl)C(=O)C1N(C(=O)CCCC(=O)OC)C[C@@H]2C#CC[C@]1(c1ccc(CCCOc3c(F)ccc(F)c3F)cc1)N2. The number of amides is 2. The molecule has 0 saturated carbocycles. The van der Waals surface area contributed by atoms with Crippen molar-refractivity contribution in [2.24, 2.45) is 0 Å². The smallest absolute Gasteiger partial charge is 0.305 e. The van der Waals surface area contributed by atoms with Crippen molar-refractivity contribution in [3.63, 3.8) is 0 Å². The highest BCUT2D eigenvalue weighted by molar-refractivity contribution is 6.31. The van der Waals surface area contributed by atoms with Crippen LogP contribution in [0.25, 0.3) is 0 Å². The lowest BCUT2D eigenvalue weighted by molar-refractivity contribution is -0.154. The molecule has 3 aromatic rings. The number of benzene rings is 3. The number of ether oxygens (including phenoxy) is 2. The van der Waals surface area contributed by atoms with Gasteiger partial charge in [-0.2, -0.15) is 4.39 Å². The molecule has 1 unspecified atom stereocenters. The Morgan fingerprint density at radius 3 is 2.48 bits per heavy atom. The van der Waals surface area contributed by atoms with Crippen molar-refractivity contribution in [3.8, 4) is 17.6 Å². The molecule has 12 heteroatoms. The van der Waals surface area contributed by atoms with Gasteiger partial charge in [0.2, 0.25) is 17.6 Å². The first-order valence-electron chi connectivity index (χ1n) is 16.6. The van der Waals surface area contributed by atoms with Gasteiger partial charge in [0.1, 0.15) is 6.04 Å². The van der Waals surface area contributed by atoms with Gasteiger partial charge in [0.25, 0.3) is 0 Å². The molecule has 8 nitrogen and oxygen atoms in total. The summed E-state index contributed by atoms with van der Waals surface area (Å²) in [4.78, 5) is 43.7. The summed E-state index contributed by atoms with van der Waals surface area (Å²) in [5.41, 5.74) is 1.39. The number of nitrogens with one attached hydrogen (secondary N) is 1. The molecule has 3 aromatic carbocycles. The van der Waals surface area contributed by atoms with Crippen LogP contribution in [0.5, 0.6) is 5.75 Å². The van der Waals surface area contributed by atoms with Gasteiger partial charge in [-0.05, 0) is 61.1 Å². The number of likely N-dealkylation sites (N-methyl/N-ethyl adjacent to an activating group) is 1. The number of hydrogen-bond acceptors (Lipinski definition) is 6. The molecule has 2 aliphatic rings. The Bertz CT molecular complexity index is 1780. The van der Waals surface area contributed by atoms with Gasteiger partial charge in [0, 0.05) is 43.9 Å². The van der Waals surface area contributed by atoms with Crippen LogP contribution in [0.1, 0.15) is 55.7 Å². The number of aryl methyl sites for hydroxylation is 1. The van der Waals surface area contributed by atoms with Gasteiger partial charge < -0.3 is 19.3 Å². The summed E-state index contributed by atoms with van der Waals surface area (Å²) in [5.74, 6) is 1.19. The van der Waals surface area contributed by atoms with Gasteiger partial charge in [0.15, 0.2) is 17.4 Å². The summed E-state index contributed by atoms with van der Waals surface area (Å²) < 4.78 is 51.4. The maximum atomic E-state index is 14.7. The molecule has 2 bridgehead atoms. The quantitative estimate of drug-likeness (QED) is 0.0967. The van der Waals surface area contributed by atoms with Crippen LogP contribution in [0.3, 0.4) is 0 Å². The third kappa shape index (κ3) is 8.09. The van der Waals surface area contributed by atoms with E-state index in [9.17, 15) is 27.6 Å². The average molecular weight is 710 g/mol. The van der Waals surface area contributed by atoms with E-state index in [1.165, 1.54) is 7.11 Å². The second-order valence-corrected chi connectivity index (χ2v) is 12.7. The Morgan fingerprint density at radius 2 is 1.76 bits per heavy atom. The second kappa shape index (κ2) is 16.5. The van der Waals surface area contributed by atoms with Gasteiger partial charge in [-0.1, -0.05) is 65.9 Å². The van der Waals surface area contributed by atoms with Gasteiger partial charge in [-0.3, -0.25) is 19.7 Å². The van der Waals surface area contributed by atoms with Crippen molar-refractivity contribution >= 4 is 29.4 Å². The molecule has 1 saturated heterocycles. The summed E-state index contributed by atoms with van der Waals surface area (Å²) in [6.07, 6.45) is 1.55. The van der Waals surface area contributed by atoms with Crippen LogP contribution >= 0.6 is 11.6 Å². The average Bonchev–Trinajstić information content (AvgIpc) is 3.12. The number of piperazine rings is 1. The van der Waals surface area contributed by atoms with Gasteiger partial charge in [-0.25, -0.2) is 8.78 Å². The number of halogens is 4. The number of carbonyl (C=O) groups excluding carboxylic acids is 3. The Labute approximate surface area is 294 Å². The van der Waals surface area contributed by atoms with Crippen LogP contribution in [0.2, 0.25) is 5.02 Å². The number of nitrogens with zero attached hydrogens (tertiary/aromatic N) is 2. The fourth-order valence-electron chi connectivity index (χ4n) is 6.52. The van der Waals surface area contributed by atoms with Gasteiger partial charge in [-0.15, -0.1) is 0 Å². The minimum absolute atomic E-state index is 0.0380. The fourth-order valence-corrected chi connectivity index (χ4v) is 6.72. The first-order valence-corrected chi connectivity index (χ1v) is 17.0. The van der Waals surface area contributed by atoms with Crippen molar-refractivity contribution in [3.05, 3.63) is 99.8 Å². The lowest BCUT2D eigenvalue weighted by Crippen LogP contribution is -2.73. The number of fused-ring (bicyclic) bond motifs is 2. The van der Waals surface area contributed by atoms with E-state index in [0.29, 0.717) is 30.5 Å². The van der Waals surface area contributed by atoms with E-state index in [1.54, 1.807) is 15.9 Å². The van der Waals surface area contributed by atoms with Gasteiger partial charge in [0.05, 0.1) is 25.3 Å². The van der Waals surface area contributed by atoms with Crippen molar-refractivity contribution in [1.29, 1.82) is 0 Å². The predicted molar refractivity (Wildman–Crippen MR) is 181 cm³/mol. The molecule has 0 spiro atoms. The van der Waals surface area contributed by atoms with Crippen molar-refractivity contribution in [2.75, 3.05) is 26.8 Å². The monoisotopic (exact) mass is 709 g/mol. The van der Waals surface area contributed by atoms with Crippen LogP contribution in [-0.4, -0.2) is 66.5 Å². The van der Waals surface area contributed by atoms with Crippen LogP contribution in [-0.2, 0) is 37.6 Å². The standard InChI is InChI=1S/C38H39ClF3N3O5/c1-3-44(23-26-10-4-5-12-29(26)39)37(48)36-38(21-7-11-28(43-38)24-45(36)32(46)13-6-14-33(47)49-2)27-17-15-25(16-18-27)9-8-22-50-35-31(41)20-19-30(40)34(35)42/h4-5,10,12,15-20,28,36,43H,3,6,8-9,13-14,21-24H2,1-2H3/t28-,36?,38+/m0/s1. The molecular weight excluding hydrogens is 671 g/mol. The van der Waals surface area contributed by atoms with Crippen LogP contribution in [0, 0.1) is 29.3 Å². The molecule has 0 aromatic heterocycles. The van der Waals surface area contributed by atoms with Crippen LogP contribution < -0.4 is 10.1 Å². The third-order valence-electron chi connectivity index (χ3n) is 9.13. The summed E-state index contributed by atoms with van der Waals surface area (Å²) in [6, 6.07) is 15.1. The zero-order chi connectivity index (χ0) is 35.8. The Morgan fingerprint density at radius 1 is 1.02 bits per heavy atom. The number of rotatable bonds is 14. The lowest BCUT2D eigenvalue weighted by atomic mass is 9.73. The predicted octanol–water partition coefficient (Wildman–Crippen LogP) is 5.93. The van der Waals surface area contributed by atoms with Crippen molar-refractivity contribution in [2.45, 2.75) is 69.6 Å². The van der Waals surface area contributed by atoms with E-state index in [2.05, 4.69) is 17.2 Å². The van der Waals surface area contributed by atoms with Crippen LogP contribution in [0.15, 0.2) is 60.7 Å². The molecule has 2 amide bonds. The summed E-state index contributed by atoms with van der Waals surface area (Å²) in [5, 5.41) is 4.13. The van der Waals surface area contributed by atoms with E-state index >= 15 is 0 Å². The first kappa shape index (κ1) is 36.7. The molecule has 264 valence electrons. The van der Waals surface area contributed by atoms with E-state index in [-0.39, 0.29) is 57.2 Å². The third-order valence-corrected chi connectivity index (χ3v) is 9.49. The number of esters is 1. The molecule has 1 fully saturated rings. The normalized spacial score (nSPS) is 19.3. The van der Waals surface area contributed by atoms with Crippen LogP contribution in [0.4, 0.5) is 13.2 Å². The highest BCUT2D eigenvalue weighted by Gasteiger charge is 2.55. The van der Waals surface area contributed by atoms with E-state index < -0.39 is 46.8 Å². The summed E-state index contributed by atoms with van der Waals surface area (Å²) >= 11 is 6.48. The minimum Gasteiger partial charge on any atom is -0.488 e. The molecule has 50 heavy (non-hydrogen) atoms. The van der Waals surface area contributed by atoms with E-state index in [0.717, 1.165) is 22.8 Å². The van der Waals surface area contributed by atoms with Crippen molar-refractivity contribution < 1.29 is 37.0 Å². The molecule has 1 N–H and O–H groups in total. The Kier molecular flexibility index (Phi) is 12.1. The van der Waals surface area contributed by atoms with E-state index in [4.69, 9.17) is 21.1 Å². The Balaban J connectivity index is 1.40. The highest BCUT2D eigenvalue weighted by Crippen LogP contribution is 2.39. The molecule has 5 rings (SSSR count).